The van der Waals surface area contributed by atoms with Gasteiger partial charge in [-0.3, -0.25) is 0 Å². The first-order valence-electron chi connectivity index (χ1n) is 7.74. The highest BCUT2D eigenvalue weighted by Gasteiger charge is 2.27. The lowest BCUT2D eigenvalue weighted by molar-refractivity contribution is 0.0594. The van der Waals surface area contributed by atoms with Gasteiger partial charge in [0.1, 0.15) is 0 Å². The molecule has 0 N–H and O–H groups in total. The lowest BCUT2D eigenvalue weighted by Crippen LogP contribution is -2.24. The molecule has 0 aliphatic rings. The molecule has 124 valence electrons. The number of benzene rings is 1. The normalized spacial score (nSPS) is 12.3. The molecule has 1 aromatic carbocycles. The Morgan fingerprint density at radius 1 is 1.13 bits per heavy atom. The molecule has 0 atom stereocenters. The van der Waals surface area contributed by atoms with E-state index in [0.29, 0.717) is 0 Å². The molecule has 23 heavy (non-hydrogen) atoms. The molecule has 0 unspecified atom stereocenters. The van der Waals surface area contributed by atoms with Crippen molar-refractivity contribution in [2.75, 3.05) is 7.11 Å². The molecule has 5 heteroatoms. The number of carbonyl (C=O) groups excluding carboxylic acids is 1. The SMILES string of the molecule is COC(=O)c1cn(-c2ccc(C(C)(C)CC(C)(C)C)cc2)nn1. The first-order chi connectivity index (χ1) is 10.6. The molecule has 0 fully saturated rings. The largest absolute Gasteiger partial charge is 0.464 e. The van der Waals surface area contributed by atoms with Crippen molar-refractivity contribution in [3.63, 3.8) is 0 Å². The molecule has 5 nitrogen and oxygen atoms in total. The number of aromatic nitrogens is 3. The second-order valence-electron chi connectivity index (χ2n) is 7.71. The minimum absolute atomic E-state index is 0.0936. The van der Waals surface area contributed by atoms with Gasteiger partial charge in [-0.2, -0.15) is 0 Å². The summed E-state index contributed by atoms with van der Waals surface area (Å²) < 4.78 is 6.22. The van der Waals surface area contributed by atoms with Gasteiger partial charge in [-0.1, -0.05) is 52.0 Å². The van der Waals surface area contributed by atoms with Crippen LogP contribution >= 0.6 is 0 Å². The summed E-state index contributed by atoms with van der Waals surface area (Å²) in [6, 6.07) is 8.21. The van der Waals surface area contributed by atoms with Crippen molar-refractivity contribution >= 4 is 5.97 Å². The molecule has 1 aromatic heterocycles. The lowest BCUT2D eigenvalue weighted by Gasteiger charge is -2.33. The maximum Gasteiger partial charge on any atom is 0.360 e. The Morgan fingerprint density at radius 3 is 2.26 bits per heavy atom. The van der Waals surface area contributed by atoms with Gasteiger partial charge in [-0.25, -0.2) is 9.48 Å². The molecule has 0 saturated heterocycles. The van der Waals surface area contributed by atoms with Crippen molar-refractivity contribution in [2.24, 2.45) is 5.41 Å². The highest BCUT2D eigenvalue weighted by atomic mass is 16.5. The molecule has 2 aromatic rings. The number of methoxy groups -OCH3 is 1. The predicted molar refractivity (Wildman–Crippen MR) is 89.8 cm³/mol. The van der Waals surface area contributed by atoms with Crippen LogP contribution in [0.2, 0.25) is 0 Å². The van der Waals surface area contributed by atoms with Gasteiger partial charge in [-0.05, 0) is 34.9 Å². The van der Waals surface area contributed by atoms with Crippen LogP contribution in [0, 0.1) is 5.41 Å². The minimum atomic E-state index is -0.487. The highest BCUT2D eigenvalue weighted by molar-refractivity contribution is 5.86. The van der Waals surface area contributed by atoms with Crippen molar-refractivity contribution < 1.29 is 9.53 Å². The van der Waals surface area contributed by atoms with Gasteiger partial charge in [0.2, 0.25) is 0 Å². The standard InChI is InChI=1S/C18H25N3O2/c1-17(2,3)12-18(4,5)13-7-9-14(10-8-13)21-11-15(19-20-21)16(22)23-6/h7-11H,12H2,1-6H3. The number of hydrogen-bond acceptors (Lipinski definition) is 4. The third-order valence-electron chi connectivity index (χ3n) is 3.77. The van der Waals surface area contributed by atoms with Gasteiger partial charge >= 0.3 is 5.97 Å². The number of rotatable bonds is 4. The molecule has 2 rings (SSSR count). The smallest absolute Gasteiger partial charge is 0.360 e. The topological polar surface area (TPSA) is 57.0 Å². The van der Waals surface area contributed by atoms with E-state index in [4.69, 9.17) is 0 Å². The maximum atomic E-state index is 11.4. The Kier molecular flexibility index (Phi) is 4.59. The van der Waals surface area contributed by atoms with E-state index in [-0.39, 0.29) is 16.5 Å². The fraction of sp³-hybridized carbons (Fsp3) is 0.500. The highest BCUT2D eigenvalue weighted by Crippen LogP contribution is 2.36. The average molecular weight is 315 g/mol. The third-order valence-corrected chi connectivity index (χ3v) is 3.77. The van der Waals surface area contributed by atoms with E-state index in [1.807, 2.05) is 12.1 Å². The molecule has 0 aliphatic heterocycles. The van der Waals surface area contributed by atoms with Gasteiger partial charge in [0, 0.05) is 0 Å². The molecule has 0 spiro atoms. The summed E-state index contributed by atoms with van der Waals surface area (Å²) >= 11 is 0. The van der Waals surface area contributed by atoms with Crippen molar-refractivity contribution in [3.8, 4) is 5.69 Å². The Labute approximate surface area is 137 Å². The van der Waals surface area contributed by atoms with Crippen molar-refractivity contribution in [3.05, 3.63) is 41.7 Å². The Bertz CT molecular complexity index is 679. The summed E-state index contributed by atoms with van der Waals surface area (Å²) in [6.45, 7) is 11.3. The summed E-state index contributed by atoms with van der Waals surface area (Å²) in [4.78, 5) is 11.4. The van der Waals surface area contributed by atoms with Crippen LogP contribution in [-0.2, 0) is 10.2 Å². The van der Waals surface area contributed by atoms with Crippen LogP contribution in [0.4, 0.5) is 0 Å². The summed E-state index contributed by atoms with van der Waals surface area (Å²) in [5, 5.41) is 7.79. The second kappa shape index (κ2) is 6.14. The zero-order chi connectivity index (χ0) is 17.3. The molecule has 0 bridgehead atoms. The average Bonchev–Trinajstić information content (AvgIpc) is 2.94. The summed E-state index contributed by atoms with van der Waals surface area (Å²) in [5.41, 5.74) is 2.71. The van der Waals surface area contributed by atoms with Crippen LogP contribution < -0.4 is 0 Å². The summed E-state index contributed by atoms with van der Waals surface area (Å²) in [5.74, 6) is -0.487. The molecular weight excluding hydrogens is 290 g/mol. The quantitative estimate of drug-likeness (QED) is 0.806. The van der Waals surface area contributed by atoms with Crippen molar-refractivity contribution in [2.45, 2.75) is 46.5 Å². The third kappa shape index (κ3) is 4.18. The van der Waals surface area contributed by atoms with E-state index in [2.05, 4.69) is 61.8 Å². The predicted octanol–water partition coefficient (Wildman–Crippen LogP) is 3.77. The first kappa shape index (κ1) is 17.2. The van der Waals surface area contributed by atoms with E-state index in [1.54, 1.807) is 10.9 Å². The van der Waals surface area contributed by atoms with Gasteiger partial charge in [0.25, 0.3) is 0 Å². The van der Waals surface area contributed by atoms with E-state index in [0.717, 1.165) is 12.1 Å². The Balaban J connectivity index is 2.22. The zero-order valence-corrected chi connectivity index (χ0v) is 14.8. The number of carbonyl (C=O) groups is 1. The van der Waals surface area contributed by atoms with E-state index >= 15 is 0 Å². The van der Waals surface area contributed by atoms with Gasteiger partial charge in [0.05, 0.1) is 19.0 Å². The first-order valence-corrected chi connectivity index (χ1v) is 7.74. The van der Waals surface area contributed by atoms with Gasteiger partial charge in [-0.15, -0.1) is 5.10 Å². The van der Waals surface area contributed by atoms with Crippen molar-refractivity contribution in [1.82, 2.24) is 15.0 Å². The second-order valence-corrected chi connectivity index (χ2v) is 7.71. The number of hydrogen-bond donors (Lipinski definition) is 0. The van der Waals surface area contributed by atoms with Crippen LogP contribution in [0.1, 0.15) is 57.1 Å². The van der Waals surface area contributed by atoms with Crippen LogP contribution in [0.25, 0.3) is 5.69 Å². The summed E-state index contributed by atoms with van der Waals surface area (Å²) in [7, 11) is 1.33. The number of ether oxygens (including phenoxy) is 1. The molecule has 1 heterocycles. The van der Waals surface area contributed by atoms with E-state index in [9.17, 15) is 4.79 Å². The fourth-order valence-electron chi connectivity index (χ4n) is 3.08. The van der Waals surface area contributed by atoms with E-state index in [1.165, 1.54) is 12.7 Å². The number of esters is 1. The molecule has 0 aliphatic carbocycles. The number of nitrogens with zero attached hydrogens (tertiary/aromatic N) is 3. The Morgan fingerprint density at radius 2 is 1.74 bits per heavy atom. The van der Waals surface area contributed by atoms with Gasteiger partial charge < -0.3 is 4.74 Å². The van der Waals surface area contributed by atoms with Crippen LogP contribution in [0.15, 0.2) is 30.5 Å². The van der Waals surface area contributed by atoms with Crippen molar-refractivity contribution in [1.29, 1.82) is 0 Å². The summed E-state index contributed by atoms with van der Waals surface area (Å²) in [6.07, 6.45) is 2.66. The monoisotopic (exact) mass is 315 g/mol. The molecule has 0 amide bonds. The van der Waals surface area contributed by atoms with Crippen LogP contribution in [0.5, 0.6) is 0 Å². The van der Waals surface area contributed by atoms with Crippen LogP contribution in [-0.4, -0.2) is 28.1 Å². The molecule has 0 radical (unpaired) electrons. The minimum Gasteiger partial charge on any atom is -0.464 e. The Hall–Kier alpha value is -2.17. The molecule has 0 saturated carbocycles. The zero-order valence-electron chi connectivity index (χ0n) is 14.8. The van der Waals surface area contributed by atoms with Crippen LogP contribution in [0.3, 0.4) is 0 Å². The fourth-order valence-corrected chi connectivity index (χ4v) is 3.08. The van der Waals surface area contributed by atoms with Gasteiger partial charge in [0.15, 0.2) is 5.69 Å². The lowest BCUT2D eigenvalue weighted by atomic mass is 9.72. The molecular formula is C18H25N3O2. The maximum absolute atomic E-state index is 11.4. The van der Waals surface area contributed by atoms with E-state index < -0.39 is 5.97 Å².